The van der Waals surface area contributed by atoms with Gasteiger partial charge in [0.05, 0.1) is 11.4 Å². The van der Waals surface area contributed by atoms with Crippen LogP contribution in [0.3, 0.4) is 0 Å². The summed E-state index contributed by atoms with van der Waals surface area (Å²) in [7, 11) is -3.91. The molecule has 0 atom stereocenters. The lowest BCUT2D eigenvalue weighted by Crippen LogP contribution is -2.37. The third-order valence-corrected chi connectivity index (χ3v) is 7.42. The first-order chi connectivity index (χ1) is 14.6. The molecule has 0 aliphatic heterocycles. The number of amides is 1. The number of hydrogen-bond acceptors (Lipinski definition) is 3. The van der Waals surface area contributed by atoms with E-state index in [4.69, 9.17) is 11.6 Å². The van der Waals surface area contributed by atoms with E-state index >= 15 is 0 Å². The van der Waals surface area contributed by atoms with Crippen LogP contribution in [0, 0.1) is 13.8 Å². The lowest BCUT2D eigenvalue weighted by atomic mass is 10.1. The molecule has 0 saturated carbocycles. The van der Waals surface area contributed by atoms with Crippen molar-refractivity contribution in [1.82, 2.24) is 4.31 Å². The Bertz CT molecular complexity index is 1180. The third kappa shape index (κ3) is 6.17. The first-order valence-electron chi connectivity index (χ1n) is 9.52. The number of nitrogens with one attached hydrogen (secondary N) is 1. The Labute approximate surface area is 196 Å². The van der Waals surface area contributed by atoms with Crippen molar-refractivity contribution in [2.45, 2.75) is 25.3 Å². The fourth-order valence-electron chi connectivity index (χ4n) is 2.95. The number of hydrogen-bond donors (Lipinski definition) is 1. The van der Waals surface area contributed by atoms with Crippen LogP contribution in [-0.4, -0.2) is 25.2 Å². The lowest BCUT2D eigenvalue weighted by molar-refractivity contribution is -0.116. The van der Waals surface area contributed by atoms with Crippen molar-refractivity contribution >= 4 is 49.1 Å². The first-order valence-corrected chi connectivity index (χ1v) is 12.1. The number of benzene rings is 3. The largest absolute Gasteiger partial charge is 0.325 e. The molecule has 0 fully saturated rings. The fraction of sp³-hybridized carbons (Fsp3) is 0.174. The summed E-state index contributed by atoms with van der Waals surface area (Å²) >= 11 is 9.26. The predicted octanol–water partition coefficient (Wildman–Crippen LogP) is 5.55. The average Bonchev–Trinajstić information content (AvgIpc) is 2.72. The van der Waals surface area contributed by atoms with Crippen LogP contribution in [-0.2, 0) is 21.4 Å². The Kier molecular flexibility index (Phi) is 7.54. The molecular formula is C23H22BrClN2O3S. The predicted molar refractivity (Wildman–Crippen MR) is 128 cm³/mol. The van der Waals surface area contributed by atoms with E-state index in [-0.39, 0.29) is 18.0 Å². The van der Waals surface area contributed by atoms with Gasteiger partial charge in [0.25, 0.3) is 0 Å². The van der Waals surface area contributed by atoms with Crippen molar-refractivity contribution in [1.29, 1.82) is 0 Å². The van der Waals surface area contributed by atoms with E-state index in [1.54, 1.807) is 42.5 Å². The number of carbonyl (C=O) groups excluding carboxylic acids is 1. The molecule has 1 N–H and O–H groups in total. The summed E-state index contributed by atoms with van der Waals surface area (Å²) in [4.78, 5) is 12.9. The van der Waals surface area contributed by atoms with Crippen molar-refractivity contribution in [3.05, 3.63) is 92.9 Å². The van der Waals surface area contributed by atoms with Crippen molar-refractivity contribution in [3.8, 4) is 0 Å². The highest BCUT2D eigenvalue weighted by atomic mass is 79.9. The molecule has 3 rings (SSSR count). The number of sulfonamides is 1. The average molecular weight is 522 g/mol. The summed E-state index contributed by atoms with van der Waals surface area (Å²) in [5.74, 6) is -0.419. The van der Waals surface area contributed by atoms with E-state index in [1.165, 1.54) is 12.1 Å². The SMILES string of the molecule is Cc1ccc(NC(=O)CN(Cc2ccc(Cl)cc2)S(=O)(=O)c2ccc(Br)cc2)cc1C. The number of halogens is 2. The third-order valence-electron chi connectivity index (χ3n) is 4.83. The van der Waals surface area contributed by atoms with Crippen LogP contribution >= 0.6 is 27.5 Å². The maximum absolute atomic E-state index is 13.3. The number of aryl methyl sites for hydroxylation is 2. The monoisotopic (exact) mass is 520 g/mol. The highest BCUT2D eigenvalue weighted by molar-refractivity contribution is 9.10. The van der Waals surface area contributed by atoms with Crippen molar-refractivity contribution in [2.24, 2.45) is 0 Å². The zero-order valence-corrected chi connectivity index (χ0v) is 20.3. The van der Waals surface area contributed by atoms with Crippen LogP contribution < -0.4 is 5.32 Å². The molecule has 1 amide bonds. The number of anilines is 1. The summed E-state index contributed by atoms with van der Waals surface area (Å²) < 4.78 is 28.5. The first kappa shape index (κ1) is 23.5. The van der Waals surface area contributed by atoms with E-state index in [1.807, 2.05) is 26.0 Å². The van der Waals surface area contributed by atoms with Crippen LogP contribution in [0.5, 0.6) is 0 Å². The normalized spacial score (nSPS) is 11.5. The van der Waals surface area contributed by atoms with Crippen molar-refractivity contribution in [3.63, 3.8) is 0 Å². The minimum atomic E-state index is -3.91. The van der Waals surface area contributed by atoms with E-state index in [0.717, 1.165) is 25.5 Å². The van der Waals surface area contributed by atoms with Gasteiger partial charge in [0, 0.05) is 21.7 Å². The molecule has 0 aromatic heterocycles. The van der Waals surface area contributed by atoms with Gasteiger partial charge in [-0.15, -0.1) is 0 Å². The molecule has 0 aliphatic carbocycles. The molecule has 0 aliphatic rings. The van der Waals surface area contributed by atoms with Gasteiger partial charge in [-0.1, -0.05) is 45.7 Å². The van der Waals surface area contributed by atoms with Crippen LogP contribution in [0.25, 0.3) is 0 Å². The Morgan fingerprint density at radius 1 is 0.968 bits per heavy atom. The van der Waals surface area contributed by atoms with Gasteiger partial charge in [-0.3, -0.25) is 4.79 Å². The van der Waals surface area contributed by atoms with Crippen LogP contribution in [0.1, 0.15) is 16.7 Å². The second-order valence-corrected chi connectivity index (χ2v) is 10.5. The molecule has 8 heteroatoms. The minimum absolute atomic E-state index is 0.0376. The van der Waals surface area contributed by atoms with E-state index in [9.17, 15) is 13.2 Å². The molecule has 5 nitrogen and oxygen atoms in total. The van der Waals surface area contributed by atoms with Crippen LogP contribution in [0.15, 0.2) is 76.1 Å². The summed E-state index contributed by atoms with van der Waals surface area (Å²) in [5.41, 5.74) is 3.50. The second-order valence-electron chi connectivity index (χ2n) is 7.20. The van der Waals surface area contributed by atoms with Gasteiger partial charge in [-0.05, 0) is 79.1 Å². The Morgan fingerprint density at radius 3 is 2.23 bits per heavy atom. The Balaban J connectivity index is 1.87. The van der Waals surface area contributed by atoms with Gasteiger partial charge in [-0.25, -0.2) is 8.42 Å². The highest BCUT2D eigenvalue weighted by Crippen LogP contribution is 2.22. The molecule has 3 aromatic carbocycles. The summed E-state index contributed by atoms with van der Waals surface area (Å²) in [6.07, 6.45) is 0. The Hall–Kier alpha value is -2.19. The fourth-order valence-corrected chi connectivity index (χ4v) is 4.73. The summed E-state index contributed by atoms with van der Waals surface area (Å²) in [6.45, 7) is 3.65. The number of carbonyl (C=O) groups is 1. The maximum Gasteiger partial charge on any atom is 0.243 e. The van der Waals surface area contributed by atoms with Gasteiger partial charge in [-0.2, -0.15) is 4.31 Å². The molecule has 0 spiro atoms. The zero-order chi connectivity index (χ0) is 22.6. The lowest BCUT2D eigenvalue weighted by Gasteiger charge is -2.22. The molecular weight excluding hydrogens is 500 g/mol. The zero-order valence-electron chi connectivity index (χ0n) is 17.1. The Morgan fingerprint density at radius 2 is 1.61 bits per heavy atom. The molecule has 0 saturated heterocycles. The van der Waals surface area contributed by atoms with Crippen LogP contribution in [0.4, 0.5) is 5.69 Å². The highest BCUT2D eigenvalue weighted by Gasteiger charge is 2.27. The van der Waals surface area contributed by atoms with Gasteiger partial charge in [0.1, 0.15) is 0 Å². The molecule has 3 aromatic rings. The molecule has 0 heterocycles. The standard InChI is InChI=1S/C23H22BrClN2O3S/c1-16-3-10-21(13-17(16)2)26-23(28)15-27(14-18-4-8-20(25)9-5-18)31(29,30)22-11-6-19(24)7-12-22/h3-13H,14-15H2,1-2H3,(H,26,28). The van der Waals surface area contributed by atoms with Gasteiger partial charge in [0.15, 0.2) is 0 Å². The van der Waals surface area contributed by atoms with E-state index in [2.05, 4.69) is 21.2 Å². The van der Waals surface area contributed by atoms with Gasteiger partial charge >= 0.3 is 0 Å². The number of rotatable bonds is 7. The topological polar surface area (TPSA) is 66.5 Å². The molecule has 0 bridgehead atoms. The maximum atomic E-state index is 13.3. The van der Waals surface area contributed by atoms with Gasteiger partial charge in [0.2, 0.25) is 15.9 Å². The molecule has 162 valence electrons. The smallest absolute Gasteiger partial charge is 0.243 e. The minimum Gasteiger partial charge on any atom is -0.325 e. The molecule has 0 radical (unpaired) electrons. The summed E-state index contributed by atoms with van der Waals surface area (Å²) in [5, 5.41) is 3.35. The van der Waals surface area contributed by atoms with Crippen molar-refractivity contribution < 1.29 is 13.2 Å². The van der Waals surface area contributed by atoms with Crippen molar-refractivity contribution in [2.75, 3.05) is 11.9 Å². The van der Waals surface area contributed by atoms with Gasteiger partial charge < -0.3 is 5.32 Å². The summed E-state index contributed by atoms with van der Waals surface area (Å²) in [6, 6.07) is 18.8. The number of nitrogens with zero attached hydrogens (tertiary/aromatic N) is 1. The quantitative estimate of drug-likeness (QED) is 0.443. The van der Waals surface area contributed by atoms with E-state index in [0.29, 0.717) is 10.7 Å². The van der Waals surface area contributed by atoms with E-state index < -0.39 is 15.9 Å². The molecule has 31 heavy (non-hydrogen) atoms. The second kappa shape index (κ2) is 9.96. The van der Waals surface area contributed by atoms with Crippen LogP contribution in [0.2, 0.25) is 5.02 Å². The molecule has 0 unspecified atom stereocenters.